The van der Waals surface area contributed by atoms with Gasteiger partial charge in [0.15, 0.2) is 27.1 Å². The molecular formula is C13H16O5S. The van der Waals surface area contributed by atoms with Crippen molar-refractivity contribution in [1.29, 1.82) is 0 Å². The van der Waals surface area contributed by atoms with E-state index in [2.05, 4.69) is 0 Å². The second-order valence-electron chi connectivity index (χ2n) is 4.53. The molecule has 0 bridgehead atoms. The molecule has 1 aromatic rings. The van der Waals surface area contributed by atoms with Crippen LogP contribution in [0.2, 0.25) is 0 Å². The highest BCUT2D eigenvalue weighted by atomic mass is 32.2. The van der Waals surface area contributed by atoms with Crippen LogP contribution in [-0.4, -0.2) is 39.9 Å². The third kappa shape index (κ3) is 2.89. The molecule has 19 heavy (non-hydrogen) atoms. The van der Waals surface area contributed by atoms with Gasteiger partial charge in [0.05, 0.1) is 25.7 Å². The number of sulfone groups is 1. The lowest BCUT2D eigenvalue weighted by atomic mass is 9.97. The average Bonchev–Trinajstić information content (AvgIpc) is 2.77. The molecule has 0 radical (unpaired) electrons. The molecule has 0 aromatic heterocycles. The number of hydrogen-bond donors (Lipinski definition) is 0. The van der Waals surface area contributed by atoms with Crippen LogP contribution in [0.15, 0.2) is 18.2 Å². The fraction of sp³-hybridized carbons (Fsp3) is 0.462. The largest absolute Gasteiger partial charge is 0.493 e. The zero-order valence-corrected chi connectivity index (χ0v) is 11.7. The normalized spacial score (nSPS) is 21.1. The molecule has 0 amide bonds. The van der Waals surface area contributed by atoms with Crippen LogP contribution in [0.1, 0.15) is 16.8 Å². The summed E-state index contributed by atoms with van der Waals surface area (Å²) in [5.74, 6) is 0.453. The minimum Gasteiger partial charge on any atom is -0.493 e. The van der Waals surface area contributed by atoms with Gasteiger partial charge < -0.3 is 9.47 Å². The van der Waals surface area contributed by atoms with E-state index in [0.717, 1.165) is 0 Å². The molecule has 1 saturated heterocycles. The van der Waals surface area contributed by atoms with Crippen molar-refractivity contribution in [2.45, 2.75) is 6.42 Å². The maximum atomic E-state index is 12.2. The first-order valence-corrected chi connectivity index (χ1v) is 7.75. The summed E-state index contributed by atoms with van der Waals surface area (Å²) in [7, 11) is -0.0448. The molecular weight excluding hydrogens is 268 g/mol. The van der Waals surface area contributed by atoms with Gasteiger partial charge in [0, 0.05) is 11.5 Å². The minimum absolute atomic E-state index is 0.0554. The van der Waals surface area contributed by atoms with E-state index in [4.69, 9.17) is 9.47 Å². The van der Waals surface area contributed by atoms with Gasteiger partial charge in [-0.2, -0.15) is 0 Å². The SMILES string of the molecule is COc1ccc(C(=O)C2CCS(=O)(=O)C2)cc1OC. The Hall–Kier alpha value is -1.56. The smallest absolute Gasteiger partial charge is 0.167 e. The summed E-state index contributed by atoms with van der Waals surface area (Å²) in [5.41, 5.74) is 0.458. The van der Waals surface area contributed by atoms with E-state index in [0.29, 0.717) is 23.5 Å². The maximum Gasteiger partial charge on any atom is 0.167 e. The van der Waals surface area contributed by atoms with Crippen molar-refractivity contribution in [2.24, 2.45) is 5.92 Å². The van der Waals surface area contributed by atoms with Crippen LogP contribution in [-0.2, 0) is 9.84 Å². The second-order valence-corrected chi connectivity index (χ2v) is 6.76. The Morgan fingerprint density at radius 2 is 1.89 bits per heavy atom. The van der Waals surface area contributed by atoms with Crippen LogP contribution in [0.3, 0.4) is 0 Å². The molecule has 1 heterocycles. The van der Waals surface area contributed by atoms with Crippen LogP contribution in [0.5, 0.6) is 11.5 Å². The van der Waals surface area contributed by atoms with Crippen LogP contribution in [0, 0.1) is 5.92 Å². The number of hydrogen-bond acceptors (Lipinski definition) is 5. The van der Waals surface area contributed by atoms with E-state index in [9.17, 15) is 13.2 Å². The second kappa shape index (κ2) is 5.21. The topological polar surface area (TPSA) is 69.7 Å². The lowest BCUT2D eigenvalue weighted by Gasteiger charge is -2.11. The minimum atomic E-state index is -3.05. The van der Waals surface area contributed by atoms with E-state index in [1.165, 1.54) is 14.2 Å². The predicted molar refractivity (Wildman–Crippen MR) is 70.6 cm³/mol. The standard InChI is InChI=1S/C13H16O5S/c1-17-11-4-3-9(7-12(11)18-2)13(14)10-5-6-19(15,16)8-10/h3-4,7,10H,5-6,8H2,1-2H3. The molecule has 6 heteroatoms. The van der Waals surface area contributed by atoms with E-state index in [1.54, 1.807) is 18.2 Å². The van der Waals surface area contributed by atoms with E-state index < -0.39 is 15.8 Å². The molecule has 0 saturated carbocycles. The van der Waals surface area contributed by atoms with Gasteiger partial charge in [0.2, 0.25) is 0 Å². The van der Waals surface area contributed by atoms with Gasteiger partial charge in [-0.25, -0.2) is 8.42 Å². The summed E-state index contributed by atoms with van der Waals surface area (Å²) < 4.78 is 33.0. The Morgan fingerprint density at radius 3 is 2.42 bits per heavy atom. The van der Waals surface area contributed by atoms with Crippen LogP contribution >= 0.6 is 0 Å². The van der Waals surface area contributed by atoms with Gasteiger partial charge in [-0.05, 0) is 24.6 Å². The first-order valence-electron chi connectivity index (χ1n) is 5.93. The lowest BCUT2D eigenvalue weighted by Crippen LogP contribution is -2.16. The summed E-state index contributed by atoms with van der Waals surface area (Å²) in [6, 6.07) is 4.87. The quantitative estimate of drug-likeness (QED) is 0.780. The van der Waals surface area contributed by atoms with Crippen molar-refractivity contribution >= 4 is 15.6 Å². The van der Waals surface area contributed by atoms with Gasteiger partial charge >= 0.3 is 0 Å². The number of Topliss-reactive ketones (excluding diaryl/α,β-unsaturated/α-hetero) is 1. The van der Waals surface area contributed by atoms with Gasteiger partial charge in [0.25, 0.3) is 0 Å². The molecule has 1 atom stereocenters. The highest BCUT2D eigenvalue weighted by Gasteiger charge is 2.33. The van der Waals surface area contributed by atoms with Gasteiger partial charge in [0.1, 0.15) is 0 Å². The van der Waals surface area contributed by atoms with Crippen molar-refractivity contribution < 1.29 is 22.7 Å². The Balaban J connectivity index is 2.25. The number of ether oxygens (including phenoxy) is 2. The van der Waals surface area contributed by atoms with Crippen molar-refractivity contribution in [2.75, 3.05) is 25.7 Å². The zero-order valence-electron chi connectivity index (χ0n) is 10.9. The average molecular weight is 284 g/mol. The number of carbonyl (C=O) groups is 1. The molecule has 1 aromatic carbocycles. The molecule has 1 aliphatic rings. The predicted octanol–water partition coefficient (Wildman–Crippen LogP) is 1.32. The van der Waals surface area contributed by atoms with Crippen LogP contribution < -0.4 is 9.47 Å². The molecule has 0 spiro atoms. The van der Waals surface area contributed by atoms with Gasteiger partial charge in [-0.3, -0.25) is 4.79 Å². The molecule has 104 valence electrons. The van der Waals surface area contributed by atoms with Crippen molar-refractivity contribution in [3.05, 3.63) is 23.8 Å². The highest BCUT2D eigenvalue weighted by molar-refractivity contribution is 7.91. The Labute approximate surface area is 112 Å². The Bertz CT molecular complexity index is 591. The molecule has 0 aliphatic carbocycles. The fourth-order valence-corrected chi connectivity index (χ4v) is 3.97. The number of rotatable bonds is 4. The molecule has 5 nitrogen and oxygen atoms in total. The lowest BCUT2D eigenvalue weighted by molar-refractivity contribution is 0.0933. The van der Waals surface area contributed by atoms with Crippen molar-refractivity contribution in [3.8, 4) is 11.5 Å². The van der Waals surface area contributed by atoms with Gasteiger partial charge in [-0.1, -0.05) is 0 Å². The summed E-state index contributed by atoms with van der Waals surface area (Å²) in [4.78, 5) is 12.2. The number of ketones is 1. The molecule has 0 N–H and O–H groups in total. The third-order valence-electron chi connectivity index (χ3n) is 3.27. The highest BCUT2D eigenvalue weighted by Crippen LogP contribution is 2.30. The summed E-state index contributed by atoms with van der Waals surface area (Å²) >= 11 is 0. The zero-order chi connectivity index (χ0) is 14.0. The molecule has 1 aliphatic heterocycles. The van der Waals surface area contributed by atoms with Crippen LogP contribution in [0.25, 0.3) is 0 Å². The van der Waals surface area contributed by atoms with Crippen molar-refractivity contribution in [1.82, 2.24) is 0 Å². The Morgan fingerprint density at radius 1 is 1.21 bits per heavy atom. The molecule has 1 fully saturated rings. The first kappa shape index (κ1) is 13.9. The summed E-state index contributed by atoms with van der Waals surface area (Å²) in [5, 5.41) is 0. The van der Waals surface area contributed by atoms with Gasteiger partial charge in [-0.15, -0.1) is 0 Å². The molecule has 2 rings (SSSR count). The maximum absolute atomic E-state index is 12.2. The number of carbonyl (C=O) groups excluding carboxylic acids is 1. The fourth-order valence-electron chi connectivity index (χ4n) is 2.23. The number of benzene rings is 1. The molecule has 1 unspecified atom stereocenters. The number of methoxy groups -OCH3 is 2. The summed E-state index contributed by atoms with van der Waals surface area (Å²) in [6.07, 6.45) is 0.398. The van der Waals surface area contributed by atoms with E-state index in [-0.39, 0.29) is 17.3 Å². The van der Waals surface area contributed by atoms with Crippen molar-refractivity contribution in [3.63, 3.8) is 0 Å². The van der Waals surface area contributed by atoms with E-state index in [1.807, 2.05) is 0 Å². The van der Waals surface area contributed by atoms with E-state index >= 15 is 0 Å². The summed E-state index contributed by atoms with van der Waals surface area (Å²) in [6.45, 7) is 0. The monoisotopic (exact) mass is 284 g/mol. The third-order valence-corrected chi connectivity index (χ3v) is 5.04. The van der Waals surface area contributed by atoms with Crippen LogP contribution in [0.4, 0.5) is 0 Å². The Kier molecular flexibility index (Phi) is 3.80. The first-order chi connectivity index (χ1) is 8.96.